The van der Waals surface area contributed by atoms with Gasteiger partial charge in [-0.3, -0.25) is 14.9 Å². The molecule has 2 aromatic rings. The molecule has 0 saturated carbocycles. The van der Waals surface area contributed by atoms with Crippen molar-refractivity contribution < 1.29 is 32.0 Å². The van der Waals surface area contributed by atoms with Gasteiger partial charge in [-0.05, 0) is 23.8 Å². The molecule has 2 rings (SSSR count). The number of nitro benzene ring substituents is 1. The number of hydrogen-bond donors (Lipinski definition) is 0. The van der Waals surface area contributed by atoms with Crippen molar-refractivity contribution >= 4 is 11.7 Å². The molecular formula is C15H9F4NO4. The Morgan fingerprint density at radius 3 is 2.29 bits per heavy atom. The lowest BCUT2D eigenvalue weighted by Crippen LogP contribution is -2.13. The van der Waals surface area contributed by atoms with Gasteiger partial charge in [-0.15, -0.1) is 0 Å². The minimum atomic E-state index is -4.50. The number of hydrogen-bond acceptors (Lipinski definition) is 4. The second-order valence-corrected chi connectivity index (χ2v) is 4.71. The average molecular weight is 343 g/mol. The summed E-state index contributed by atoms with van der Waals surface area (Å²) in [4.78, 5) is 21.7. The Balaban J connectivity index is 2.11. The second kappa shape index (κ2) is 6.65. The van der Waals surface area contributed by atoms with Crippen molar-refractivity contribution in [1.29, 1.82) is 0 Å². The third kappa shape index (κ3) is 4.28. The van der Waals surface area contributed by atoms with Gasteiger partial charge in [0.1, 0.15) is 5.82 Å². The van der Waals surface area contributed by atoms with Crippen LogP contribution in [0.2, 0.25) is 0 Å². The third-order valence-corrected chi connectivity index (χ3v) is 2.97. The van der Waals surface area contributed by atoms with Crippen molar-refractivity contribution in [3.8, 4) is 5.75 Å². The molecule has 0 bridgehead atoms. The molecule has 0 aliphatic rings. The van der Waals surface area contributed by atoms with Gasteiger partial charge in [-0.25, -0.2) is 4.39 Å². The molecule has 0 saturated heterocycles. The second-order valence-electron chi connectivity index (χ2n) is 4.71. The Kier molecular flexibility index (Phi) is 4.82. The first-order chi connectivity index (χ1) is 11.2. The number of ether oxygens (including phenoxy) is 1. The summed E-state index contributed by atoms with van der Waals surface area (Å²) in [6.45, 7) is 0. The highest BCUT2D eigenvalue weighted by atomic mass is 19.4. The van der Waals surface area contributed by atoms with E-state index < -0.39 is 46.3 Å². The van der Waals surface area contributed by atoms with Gasteiger partial charge in [0.15, 0.2) is 0 Å². The summed E-state index contributed by atoms with van der Waals surface area (Å²) in [5.74, 6) is -2.38. The third-order valence-electron chi connectivity index (χ3n) is 2.97. The summed E-state index contributed by atoms with van der Waals surface area (Å²) in [7, 11) is 0. The van der Waals surface area contributed by atoms with E-state index in [1.807, 2.05) is 0 Å². The van der Waals surface area contributed by atoms with Gasteiger partial charge in [0.2, 0.25) is 5.75 Å². The first-order valence-corrected chi connectivity index (χ1v) is 6.47. The van der Waals surface area contributed by atoms with Crippen molar-refractivity contribution in [3.05, 3.63) is 69.5 Å². The smallest absolute Gasteiger partial charge is 0.416 e. The molecule has 9 heteroatoms. The zero-order chi connectivity index (χ0) is 17.9. The Morgan fingerprint density at radius 1 is 1.12 bits per heavy atom. The Labute approximate surface area is 132 Å². The summed E-state index contributed by atoms with van der Waals surface area (Å²) >= 11 is 0. The molecule has 0 N–H and O–H groups in total. The fraction of sp³-hybridized carbons (Fsp3) is 0.133. The molecule has 24 heavy (non-hydrogen) atoms. The van der Waals surface area contributed by atoms with Crippen LogP contribution in [0, 0.1) is 15.9 Å². The van der Waals surface area contributed by atoms with E-state index >= 15 is 0 Å². The Bertz CT molecular complexity index is 772. The number of benzene rings is 2. The van der Waals surface area contributed by atoms with Gasteiger partial charge in [0, 0.05) is 12.1 Å². The van der Waals surface area contributed by atoms with Crippen molar-refractivity contribution in [2.45, 2.75) is 12.6 Å². The lowest BCUT2D eigenvalue weighted by atomic mass is 10.1. The molecule has 0 aliphatic carbocycles. The van der Waals surface area contributed by atoms with E-state index in [1.165, 1.54) is 0 Å². The van der Waals surface area contributed by atoms with E-state index in [4.69, 9.17) is 4.74 Å². The van der Waals surface area contributed by atoms with E-state index in [2.05, 4.69) is 0 Å². The highest BCUT2D eigenvalue weighted by Gasteiger charge is 2.30. The van der Waals surface area contributed by atoms with Crippen LogP contribution in [0.1, 0.15) is 11.1 Å². The van der Waals surface area contributed by atoms with Crippen LogP contribution in [0.25, 0.3) is 0 Å². The molecule has 0 heterocycles. The fourth-order valence-electron chi connectivity index (χ4n) is 1.86. The molecule has 0 amide bonds. The van der Waals surface area contributed by atoms with Crippen molar-refractivity contribution in [2.24, 2.45) is 0 Å². The molecule has 2 aromatic carbocycles. The van der Waals surface area contributed by atoms with Crippen molar-refractivity contribution in [2.75, 3.05) is 0 Å². The molecule has 0 radical (unpaired) electrons. The summed E-state index contributed by atoms with van der Waals surface area (Å²) < 4.78 is 55.2. The van der Waals surface area contributed by atoms with Crippen molar-refractivity contribution in [3.63, 3.8) is 0 Å². The first-order valence-electron chi connectivity index (χ1n) is 6.47. The molecule has 0 atom stereocenters. The quantitative estimate of drug-likeness (QED) is 0.278. The van der Waals surface area contributed by atoms with Crippen LogP contribution in [0.5, 0.6) is 5.75 Å². The van der Waals surface area contributed by atoms with Gasteiger partial charge in [0.25, 0.3) is 0 Å². The maximum atomic E-state index is 13.1. The van der Waals surface area contributed by atoms with Gasteiger partial charge in [-0.2, -0.15) is 13.2 Å². The van der Waals surface area contributed by atoms with E-state index in [9.17, 15) is 32.5 Å². The molecular weight excluding hydrogens is 334 g/mol. The van der Waals surface area contributed by atoms with Crippen molar-refractivity contribution in [1.82, 2.24) is 0 Å². The van der Waals surface area contributed by atoms with Crippen LogP contribution in [0.3, 0.4) is 0 Å². The number of nitrogens with zero attached hydrogens (tertiary/aromatic N) is 1. The summed E-state index contributed by atoms with van der Waals surface area (Å²) in [6.07, 6.45) is -4.92. The lowest BCUT2D eigenvalue weighted by molar-refractivity contribution is -0.385. The van der Waals surface area contributed by atoms with E-state index in [1.54, 1.807) is 0 Å². The minimum Gasteiger partial charge on any atom is -0.419 e. The van der Waals surface area contributed by atoms with Gasteiger partial charge >= 0.3 is 17.8 Å². The van der Waals surface area contributed by atoms with Gasteiger partial charge in [0.05, 0.1) is 16.9 Å². The first kappa shape index (κ1) is 17.4. The van der Waals surface area contributed by atoms with E-state index in [0.29, 0.717) is 6.07 Å². The van der Waals surface area contributed by atoms with Crippen LogP contribution >= 0.6 is 0 Å². The highest BCUT2D eigenvalue weighted by molar-refractivity contribution is 5.76. The number of nitro groups is 1. The van der Waals surface area contributed by atoms with Crippen LogP contribution in [-0.4, -0.2) is 10.9 Å². The summed E-state index contributed by atoms with van der Waals surface area (Å²) in [5.41, 5.74) is -1.26. The number of carbonyl (C=O) groups is 1. The standard InChI is InChI=1S/C15H9F4NO4/c16-11-5-6-12(20(22)23)13(8-11)24-14(21)7-9-1-3-10(4-2-9)15(17,18)19/h1-6,8H,7H2. The maximum absolute atomic E-state index is 13.1. The highest BCUT2D eigenvalue weighted by Crippen LogP contribution is 2.30. The monoisotopic (exact) mass is 343 g/mol. The number of alkyl halides is 3. The Morgan fingerprint density at radius 2 is 1.75 bits per heavy atom. The molecule has 0 aromatic heterocycles. The normalized spacial score (nSPS) is 11.2. The van der Waals surface area contributed by atoms with Crippen LogP contribution in [0.4, 0.5) is 23.2 Å². The zero-order valence-electron chi connectivity index (χ0n) is 11.8. The van der Waals surface area contributed by atoms with Gasteiger partial charge in [-0.1, -0.05) is 12.1 Å². The Hall–Kier alpha value is -2.97. The minimum absolute atomic E-state index is 0.215. The van der Waals surface area contributed by atoms with Crippen LogP contribution in [-0.2, 0) is 17.4 Å². The number of halogens is 4. The van der Waals surface area contributed by atoms with Crippen LogP contribution in [0.15, 0.2) is 42.5 Å². The number of esters is 1. The average Bonchev–Trinajstić information content (AvgIpc) is 2.46. The fourth-order valence-corrected chi connectivity index (χ4v) is 1.86. The maximum Gasteiger partial charge on any atom is 0.416 e. The SMILES string of the molecule is O=C(Cc1ccc(C(F)(F)F)cc1)Oc1cc(F)ccc1[N+](=O)[O-]. The zero-order valence-corrected chi connectivity index (χ0v) is 11.8. The largest absolute Gasteiger partial charge is 0.419 e. The molecule has 0 unspecified atom stereocenters. The molecule has 0 fully saturated rings. The molecule has 0 spiro atoms. The van der Waals surface area contributed by atoms with E-state index in [-0.39, 0.29) is 5.56 Å². The predicted octanol–water partition coefficient (Wildman–Crippen LogP) is 3.90. The summed E-state index contributed by atoms with van der Waals surface area (Å²) in [6, 6.07) is 6.14. The predicted molar refractivity (Wildman–Crippen MR) is 73.8 cm³/mol. The summed E-state index contributed by atoms with van der Waals surface area (Å²) in [5, 5.41) is 10.8. The number of carbonyl (C=O) groups excluding carboxylic acids is 1. The number of rotatable bonds is 4. The lowest BCUT2D eigenvalue weighted by Gasteiger charge is -2.08. The molecule has 5 nitrogen and oxygen atoms in total. The van der Waals surface area contributed by atoms with Gasteiger partial charge < -0.3 is 4.74 Å². The van der Waals surface area contributed by atoms with E-state index in [0.717, 1.165) is 36.4 Å². The van der Waals surface area contributed by atoms with Crippen LogP contribution < -0.4 is 4.74 Å². The molecule has 126 valence electrons. The topological polar surface area (TPSA) is 69.4 Å². The molecule has 0 aliphatic heterocycles.